The van der Waals surface area contributed by atoms with Crippen molar-refractivity contribution < 1.29 is 41.9 Å². The number of thiocarbonyl (C=S) groups is 1. The highest BCUT2D eigenvalue weighted by Crippen LogP contribution is 2.46. The first-order valence-corrected chi connectivity index (χ1v) is 19.6. The number of nitrogens with zero attached hydrogens (tertiary/aromatic N) is 4. The summed E-state index contributed by atoms with van der Waals surface area (Å²) in [6.45, 7) is 8.15. The molecular formula is C30H37N4O9S5+. The Hall–Kier alpha value is -3.00. The third kappa shape index (κ3) is 8.40. The van der Waals surface area contributed by atoms with Crippen LogP contribution in [0.3, 0.4) is 0 Å². The Balaban J connectivity index is 1.67. The van der Waals surface area contributed by atoms with Crippen LogP contribution in [0.2, 0.25) is 0 Å². The number of thiazole rings is 1. The number of aliphatic carboxylic acids is 2. The van der Waals surface area contributed by atoms with Gasteiger partial charge in [0.1, 0.15) is 46.6 Å². The Bertz CT molecular complexity index is 1940. The van der Waals surface area contributed by atoms with E-state index in [2.05, 4.69) is 4.90 Å². The van der Waals surface area contributed by atoms with Crippen molar-refractivity contribution in [1.29, 1.82) is 0 Å². The Kier molecular flexibility index (Phi) is 12.4. The number of carboxylic acid groups (broad SMARTS) is 2. The van der Waals surface area contributed by atoms with Gasteiger partial charge in [-0.05, 0) is 64.3 Å². The van der Waals surface area contributed by atoms with E-state index in [0.29, 0.717) is 44.6 Å². The Morgan fingerprint density at radius 2 is 1.62 bits per heavy atom. The van der Waals surface area contributed by atoms with E-state index in [4.69, 9.17) is 16.5 Å². The van der Waals surface area contributed by atoms with Gasteiger partial charge in [0.15, 0.2) is 0 Å². The zero-order chi connectivity index (χ0) is 35.4. The van der Waals surface area contributed by atoms with Crippen molar-refractivity contribution in [2.75, 3.05) is 43.4 Å². The number of carbonyl (C=O) groups is 3. The van der Waals surface area contributed by atoms with Gasteiger partial charge < -0.3 is 15.1 Å². The van der Waals surface area contributed by atoms with Gasteiger partial charge in [-0.25, -0.2) is 0 Å². The van der Waals surface area contributed by atoms with Crippen LogP contribution in [0.4, 0.5) is 5.69 Å². The van der Waals surface area contributed by atoms with Crippen molar-refractivity contribution >= 4 is 95.5 Å². The minimum absolute atomic E-state index is 0.000835. The number of amides is 1. The fraction of sp³-hybridized carbons (Fsp3) is 0.433. The number of fused-ring (bicyclic) bond motifs is 1. The van der Waals surface area contributed by atoms with E-state index in [1.807, 2.05) is 51.1 Å². The summed E-state index contributed by atoms with van der Waals surface area (Å²) in [4.78, 5) is 53.7. The number of carboxylic acids is 2. The van der Waals surface area contributed by atoms with Gasteiger partial charge in [0.25, 0.3) is 11.5 Å². The highest BCUT2D eigenvalue weighted by molar-refractivity contribution is 8.30. The van der Waals surface area contributed by atoms with Gasteiger partial charge in [0.2, 0.25) is 0 Å². The number of quaternary nitrogens is 1. The predicted octanol–water partition coefficient (Wildman–Crippen LogP) is 2.59. The van der Waals surface area contributed by atoms with Gasteiger partial charge in [-0.3, -0.25) is 28.6 Å². The van der Waals surface area contributed by atoms with E-state index in [9.17, 15) is 37.8 Å². The smallest absolute Gasteiger partial charge is 0.323 e. The number of unbranched alkanes of at least 4 members (excludes halogenated alkanes) is 1. The molecule has 0 bridgehead atoms. The van der Waals surface area contributed by atoms with Crippen LogP contribution in [0.1, 0.15) is 40.5 Å². The third-order valence-electron chi connectivity index (χ3n) is 7.87. The number of rotatable bonds is 15. The molecule has 0 saturated carbocycles. The largest absolute Gasteiger partial charge is 0.480 e. The molecule has 2 aliphatic heterocycles. The monoisotopic (exact) mass is 757 g/mol. The summed E-state index contributed by atoms with van der Waals surface area (Å²) >= 11 is 8.46. The first-order chi connectivity index (χ1) is 22.7. The molecule has 260 valence electrons. The second-order valence-corrected chi connectivity index (χ2v) is 16.3. The second kappa shape index (κ2) is 15.7. The minimum Gasteiger partial charge on any atom is -0.480 e. The first kappa shape index (κ1) is 37.8. The number of aromatic nitrogens is 1. The number of hydrogen-bond donors (Lipinski definition) is 2. The summed E-state index contributed by atoms with van der Waals surface area (Å²) in [5.41, 5.74) is 0.860. The van der Waals surface area contributed by atoms with Crippen LogP contribution in [-0.2, 0) is 35.3 Å². The highest BCUT2D eigenvalue weighted by Gasteiger charge is 2.36. The van der Waals surface area contributed by atoms with Gasteiger partial charge in [0.05, 0.1) is 21.0 Å². The maximum atomic E-state index is 13.6. The van der Waals surface area contributed by atoms with E-state index in [0.717, 1.165) is 48.2 Å². The second-order valence-electron chi connectivity index (χ2n) is 10.9. The normalized spacial score (nSPS) is 17.8. The topological polar surface area (TPSA) is 164 Å². The Morgan fingerprint density at radius 1 is 0.979 bits per heavy atom. The lowest BCUT2D eigenvalue weighted by atomic mass is 10.2. The van der Waals surface area contributed by atoms with Crippen LogP contribution in [-0.4, -0.2) is 93.4 Å². The summed E-state index contributed by atoms with van der Waals surface area (Å²) < 4.78 is 32.6. The molecule has 0 atom stereocenters. The summed E-state index contributed by atoms with van der Waals surface area (Å²) in [7, 11) is -3.76. The van der Waals surface area contributed by atoms with Crippen molar-refractivity contribution in [3.8, 4) is 0 Å². The van der Waals surface area contributed by atoms with Gasteiger partial charge in [-0.2, -0.15) is 13.1 Å². The number of hydrogen-bond acceptors (Lipinski definition) is 12. The van der Waals surface area contributed by atoms with Crippen LogP contribution >= 0.6 is 47.1 Å². The molecule has 1 saturated heterocycles. The van der Waals surface area contributed by atoms with E-state index >= 15 is 0 Å². The first-order valence-electron chi connectivity index (χ1n) is 15.1. The number of para-hydroxylation sites is 1. The van der Waals surface area contributed by atoms with Crippen molar-refractivity contribution in [2.45, 2.75) is 52.0 Å². The number of carbonyl (C=O) groups excluding carboxylic acids is 1. The molecule has 4 rings (SSSR count). The van der Waals surface area contributed by atoms with Gasteiger partial charge in [-0.1, -0.05) is 52.2 Å². The molecule has 0 aliphatic carbocycles. The zero-order valence-corrected chi connectivity index (χ0v) is 30.9. The number of benzene rings is 1. The van der Waals surface area contributed by atoms with Crippen molar-refractivity contribution in [2.24, 2.45) is 0 Å². The van der Waals surface area contributed by atoms with Crippen molar-refractivity contribution in [3.05, 3.63) is 54.9 Å². The molecule has 0 unspecified atom stereocenters. The fourth-order valence-electron chi connectivity index (χ4n) is 5.20. The number of anilines is 1. The van der Waals surface area contributed by atoms with Crippen LogP contribution < -0.4 is 19.7 Å². The molecule has 0 spiro atoms. The number of allylic oxidation sites excluding steroid dienone is 1. The highest BCUT2D eigenvalue weighted by atomic mass is 32.2. The molecule has 2 N–H and O–H groups in total. The maximum absolute atomic E-state index is 13.6. The molecule has 0 radical (unpaired) electrons. The average Bonchev–Trinajstić information content (AvgIpc) is 3.64. The molecule has 1 aromatic heterocycles. The van der Waals surface area contributed by atoms with E-state index < -0.39 is 46.6 Å². The molecule has 2 aromatic rings. The van der Waals surface area contributed by atoms with E-state index in [1.54, 1.807) is 6.92 Å². The molecule has 18 heteroatoms. The summed E-state index contributed by atoms with van der Waals surface area (Å²) in [6.07, 6.45) is 2.73. The lowest BCUT2D eigenvalue weighted by molar-refractivity contribution is -1.08. The lowest BCUT2D eigenvalue weighted by Crippen LogP contribution is -2.49. The Labute approximate surface area is 295 Å². The maximum Gasteiger partial charge on any atom is 0.323 e. The molecule has 2 aliphatic rings. The molecular weight excluding hydrogens is 721 g/mol. The van der Waals surface area contributed by atoms with Crippen LogP contribution in [0.5, 0.6) is 0 Å². The standard InChI is InChI=1S/C30H36N4O9S5/c1-5-34(6-2,7-3)43-48(41,42)15-11-10-14-31-20-12-8-9-13-21(20)45-22(31)16-19(4)25-27(39)32(17-23(35)36)29(46-25)26-28(40)33(18-24(37)38)30(44)47-26/h8-9,12-13,16H,5-7,10-11,14-15,17-18H2,1-4H3,(H-,35,36,37,38)/p+1/b22-16-,25-19+,29-26-. The van der Waals surface area contributed by atoms with Crippen molar-refractivity contribution in [3.63, 3.8) is 0 Å². The average molecular weight is 758 g/mol. The zero-order valence-electron chi connectivity index (χ0n) is 26.8. The number of thioether (sulfide) groups is 2. The van der Waals surface area contributed by atoms with Gasteiger partial charge in [0, 0.05) is 11.4 Å². The van der Waals surface area contributed by atoms with E-state index in [-0.39, 0.29) is 28.8 Å². The number of hydroxylamine groups is 3. The summed E-state index contributed by atoms with van der Waals surface area (Å²) in [6, 6.07) is 7.74. The summed E-state index contributed by atoms with van der Waals surface area (Å²) in [5.74, 6) is -3.38. The van der Waals surface area contributed by atoms with Crippen LogP contribution in [0, 0.1) is 0 Å². The quantitative estimate of drug-likeness (QED) is 0.118. The predicted molar refractivity (Wildman–Crippen MR) is 191 cm³/mol. The van der Waals surface area contributed by atoms with Crippen LogP contribution in [0.25, 0.3) is 10.5 Å². The third-order valence-corrected chi connectivity index (χ3v) is 13.2. The van der Waals surface area contributed by atoms with Gasteiger partial charge in [-0.15, -0.1) is 11.3 Å². The van der Waals surface area contributed by atoms with Gasteiger partial charge >= 0.3 is 22.1 Å². The van der Waals surface area contributed by atoms with Crippen LogP contribution in [0.15, 0.2) is 45.1 Å². The fourth-order valence-corrected chi connectivity index (χ4v) is 10.3. The molecule has 1 aromatic carbocycles. The molecule has 1 fully saturated rings. The van der Waals surface area contributed by atoms with Crippen molar-refractivity contribution in [1.82, 2.24) is 9.47 Å². The van der Waals surface area contributed by atoms with E-state index in [1.165, 1.54) is 11.8 Å². The molecule has 1 amide bonds. The SMILES string of the molecule is CC[N+](CC)(CC)OS(=O)(=O)CCCCN1/C(=C/C(C)=c2/s/c(=C3\SC(=S)N(CC(=O)O)C3=O)n(CC(=O)O)c2=O)Sc2ccccc21. The minimum atomic E-state index is -3.76. The lowest BCUT2D eigenvalue weighted by Gasteiger charge is -2.30. The summed E-state index contributed by atoms with van der Waals surface area (Å²) in [5, 5.41) is 19.6. The molecule has 3 heterocycles. The Morgan fingerprint density at radius 3 is 2.25 bits per heavy atom. The molecule has 13 nitrogen and oxygen atoms in total. The molecule has 48 heavy (non-hydrogen) atoms.